The van der Waals surface area contributed by atoms with Crippen LogP contribution in [0.3, 0.4) is 0 Å². The third-order valence-electron chi connectivity index (χ3n) is 3.26. The number of anilines is 3. The largest absolute Gasteiger partial charge is 0.394 e. The molecule has 0 saturated heterocycles. The van der Waals surface area contributed by atoms with Gasteiger partial charge in [-0.1, -0.05) is 25.1 Å². The van der Waals surface area contributed by atoms with Crippen molar-refractivity contribution < 1.29 is 0 Å². The molecule has 0 bridgehead atoms. The topological polar surface area (TPSA) is 47.1 Å². The highest BCUT2D eigenvalue weighted by Crippen LogP contribution is 2.32. The van der Waals surface area contributed by atoms with Crippen LogP contribution in [0.1, 0.15) is 18.2 Å². The molecule has 0 saturated carbocycles. The summed E-state index contributed by atoms with van der Waals surface area (Å²) in [4.78, 5) is 2.09. The molecule has 2 aromatic rings. The van der Waals surface area contributed by atoms with Gasteiger partial charge >= 0.3 is 0 Å². The predicted molar refractivity (Wildman–Crippen MR) is 76.2 cm³/mol. The maximum atomic E-state index is 6.18. The van der Waals surface area contributed by atoms with E-state index in [0.29, 0.717) is 0 Å². The lowest BCUT2D eigenvalue weighted by Crippen LogP contribution is -2.16. The standard InChI is InChI=1S/C14H20N4/c1-5-11-13(15)14(18(4)16-11)17(3)12-9-7-6-8-10(12)2/h6-9H,5,15H2,1-4H3. The average molecular weight is 244 g/mol. The zero-order valence-corrected chi connectivity index (χ0v) is 11.4. The maximum absolute atomic E-state index is 6.18. The van der Waals surface area contributed by atoms with Crippen LogP contribution in [0.2, 0.25) is 0 Å². The number of benzene rings is 1. The molecule has 0 aliphatic heterocycles. The van der Waals surface area contributed by atoms with E-state index in [0.717, 1.165) is 29.3 Å². The van der Waals surface area contributed by atoms with Crippen molar-refractivity contribution in [2.45, 2.75) is 20.3 Å². The van der Waals surface area contributed by atoms with Crippen molar-refractivity contribution >= 4 is 17.2 Å². The number of nitrogens with zero attached hydrogens (tertiary/aromatic N) is 3. The van der Waals surface area contributed by atoms with E-state index in [4.69, 9.17) is 5.73 Å². The summed E-state index contributed by atoms with van der Waals surface area (Å²) < 4.78 is 1.85. The highest BCUT2D eigenvalue weighted by molar-refractivity contribution is 5.74. The molecule has 1 aromatic heterocycles. The van der Waals surface area contributed by atoms with Gasteiger partial charge in [-0.3, -0.25) is 4.68 Å². The van der Waals surface area contributed by atoms with E-state index >= 15 is 0 Å². The van der Waals surface area contributed by atoms with E-state index in [9.17, 15) is 0 Å². The first-order valence-electron chi connectivity index (χ1n) is 6.17. The quantitative estimate of drug-likeness (QED) is 0.903. The fraction of sp³-hybridized carbons (Fsp3) is 0.357. The molecule has 2 N–H and O–H groups in total. The molecule has 96 valence electrons. The lowest BCUT2D eigenvalue weighted by molar-refractivity contribution is 0.741. The molecular formula is C14H20N4. The molecule has 0 amide bonds. The van der Waals surface area contributed by atoms with Crippen molar-refractivity contribution in [1.29, 1.82) is 0 Å². The van der Waals surface area contributed by atoms with Gasteiger partial charge in [-0.15, -0.1) is 0 Å². The Morgan fingerprint density at radius 1 is 1.33 bits per heavy atom. The van der Waals surface area contributed by atoms with Crippen molar-refractivity contribution in [2.24, 2.45) is 7.05 Å². The SMILES string of the molecule is CCc1nn(C)c(N(C)c2ccccc2C)c1N. The van der Waals surface area contributed by atoms with E-state index in [-0.39, 0.29) is 0 Å². The average Bonchev–Trinajstić information content (AvgIpc) is 2.64. The molecule has 18 heavy (non-hydrogen) atoms. The van der Waals surface area contributed by atoms with Crippen LogP contribution >= 0.6 is 0 Å². The van der Waals surface area contributed by atoms with Crippen LogP contribution in [0.25, 0.3) is 0 Å². The Hall–Kier alpha value is -1.97. The summed E-state index contributed by atoms with van der Waals surface area (Å²) in [5.41, 5.74) is 10.3. The molecule has 1 aromatic carbocycles. The summed E-state index contributed by atoms with van der Waals surface area (Å²) >= 11 is 0. The van der Waals surface area contributed by atoms with Crippen LogP contribution in [-0.2, 0) is 13.5 Å². The molecule has 0 atom stereocenters. The Morgan fingerprint density at radius 2 is 2.00 bits per heavy atom. The minimum atomic E-state index is 0.769. The maximum Gasteiger partial charge on any atom is 0.154 e. The van der Waals surface area contributed by atoms with Gasteiger partial charge in [-0.2, -0.15) is 5.10 Å². The van der Waals surface area contributed by atoms with Crippen LogP contribution < -0.4 is 10.6 Å². The van der Waals surface area contributed by atoms with Gasteiger partial charge in [0.15, 0.2) is 5.82 Å². The second-order valence-corrected chi connectivity index (χ2v) is 4.51. The van der Waals surface area contributed by atoms with Gasteiger partial charge in [-0.25, -0.2) is 0 Å². The lowest BCUT2D eigenvalue weighted by atomic mass is 10.2. The number of nitrogens with two attached hydrogens (primary N) is 1. The Kier molecular flexibility index (Phi) is 3.28. The third kappa shape index (κ3) is 1.94. The van der Waals surface area contributed by atoms with Gasteiger partial charge < -0.3 is 10.6 Å². The number of hydrogen-bond acceptors (Lipinski definition) is 3. The molecule has 0 fully saturated rings. The van der Waals surface area contributed by atoms with Crippen molar-refractivity contribution in [3.05, 3.63) is 35.5 Å². The molecular weight excluding hydrogens is 224 g/mol. The van der Waals surface area contributed by atoms with Crippen molar-refractivity contribution in [1.82, 2.24) is 9.78 Å². The molecule has 1 heterocycles. The van der Waals surface area contributed by atoms with Crippen LogP contribution in [0.4, 0.5) is 17.2 Å². The van der Waals surface area contributed by atoms with Crippen molar-refractivity contribution in [2.75, 3.05) is 17.7 Å². The first kappa shape index (κ1) is 12.5. The lowest BCUT2D eigenvalue weighted by Gasteiger charge is -2.22. The predicted octanol–water partition coefficient (Wildman–Crippen LogP) is 2.64. The number of para-hydroxylation sites is 1. The summed E-state index contributed by atoms with van der Waals surface area (Å²) in [5, 5.41) is 4.45. The minimum Gasteiger partial charge on any atom is -0.394 e. The zero-order chi connectivity index (χ0) is 13.3. The van der Waals surface area contributed by atoms with E-state index in [1.165, 1.54) is 5.56 Å². The van der Waals surface area contributed by atoms with Crippen LogP contribution in [-0.4, -0.2) is 16.8 Å². The monoisotopic (exact) mass is 244 g/mol. The van der Waals surface area contributed by atoms with Crippen molar-refractivity contribution in [3.8, 4) is 0 Å². The highest BCUT2D eigenvalue weighted by Gasteiger charge is 2.17. The van der Waals surface area contributed by atoms with E-state index in [2.05, 4.69) is 36.0 Å². The third-order valence-corrected chi connectivity index (χ3v) is 3.26. The van der Waals surface area contributed by atoms with Crippen molar-refractivity contribution in [3.63, 3.8) is 0 Å². The molecule has 4 nitrogen and oxygen atoms in total. The zero-order valence-electron chi connectivity index (χ0n) is 11.4. The molecule has 0 spiro atoms. The molecule has 0 aliphatic carbocycles. The summed E-state index contributed by atoms with van der Waals surface area (Å²) in [6, 6.07) is 8.26. The Labute approximate surface area is 108 Å². The Morgan fingerprint density at radius 3 is 2.56 bits per heavy atom. The normalized spacial score (nSPS) is 10.7. The number of aromatic nitrogens is 2. The minimum absolute atomic E-state index is 0.769. The first-order chi connectivity index (χ1) is 8.56. The molecule has 2 rings (SSSR count). The Balaban J connectivity index is 2.50. The number of hydrogen-bond donors (Lipinski definition) is 1. The number of aryl methyl sites for hydroxylation is 3. The van der Waals surface area contributed by atoms with E-state index < -0.39 is 0 Å². The second-order valence-electron chi connectivity index (χ2n) is 4.51. The van der Waals surface area contributed by atoms with Gasteiger partial charge in [0.1, 0.15) is 0 Å². The van der Waals surface area contributed by atoms with Gasteiger partial charge in [0.25, 0.3) is 0 Å². The molecule has 4 heteroatoms. The van der Waals surface area contributed by atoms with Crippen LogP contribution in [0.15, 0.2) is 24.3 Å². The Bertz CT molecular complexity index is 557. The second kappa shape index (κ2) is 4.72. The summed E-state index contributed by atoms with van der Waals surface area (Å²) in [6.45, 7) is 4.16. The molecule has 0 radical (unpaired) electrons. The van der Waals surface area contributed by atoms with E-state index in [1.807, 2.05) is 30.9 Å². The smallest absolute Gasteiger partial charge is 0.154 e. The number of nitrogen functional groups attached to an aromatic ring is 1. The molecule has 0 unspecified atom stereocenters. The van der Waals surface area contributed by atoms with Crippen LogP contribution in [0.5, 0.6) is 0 Å². The first-order valence-corrected chi connectivity index (χ1v) is 6.17. The van der Waals surface area contributed by atoms with Gasteiger partial charge in [0.05, 0.1) is 11.4 Å². The van der Waals surface area contributed by atoms with Gasteiger partial charge in [0, 0.05) is 19.8 Å². The fourth-order valence-corrected chi connectivity index (χ4v) is 2.30. The van der Waals surface area contributed by atoms with Gasteiger partial charge in [0.2, 0.25) is 0 Å². The fourth-order valence-electron chi connectivity index (χ4n) is 2.30. The van der Waals surface area contributed by atoms with Crippen LogP contribution in [0, 0.1) is 6.92 Å². The highest BCUT2D eigenvalue weighted by atomic mass is 15.4. The molecule has 0 aliphatic rings. The van der Waals surface area contributed by atoms with Gasteiger partial charge in [-0.05, 0) is 25.0 Å². The summed E-state index contributed by atoms with van der Waals surface area (Å²) in [5.74, 6) is 0.946. The number of rotatable bonds is 3. The summed E-state index contributed by atoms with van der Waals surface area (Å²) in [6.07, 6.45) is 0.848. The van der Waals surface area contributed by atoms with E-state index in [1.54, 1.807) is 0 Å². The summed E-state index contributed by atoms with van der Waals surface area (Å²) in [7, 11) is 3.95.